The summed E-state index contributed by atoms with van der Waals surface area (Å²) in [6.45, 7) is 0.216. The van der Waals surface area contributed by atoms with E-state index in [2.05, 4.69) is 15.9 Å². The Hall–Kier alpha value is -2.46. The SMILES string of the molecule is COc1cc(C=C2SC(=S)N(c3ccc(F)c(Cl)c3)C2=O)cc(Br)c1OCc1ccc(F)cc1. The summed E-state index contributed by atoms with van der Waals surface area (Å²) in [5.41, 5.74) is 1.86. The monoisotopic (exact) mass is 581 g/mol. The molecule has 0 spiro atoms. The molecule has 0 aromatic heterocycles. The molecule has 0 N–H and O–H groups in total. The molecule has 1 fully saturated rings. The van der Waals surface area contributed by atoms with Gasteiger partial charge in [0.1, 0.15) is 18.2 Å². The van der Waals surface area contributed by atoms with E-state index in [4.69, 9.17) is 33.3 Å². The number of amides is 1. The van der Waals surface area contributed by atoms with E-state index in [1.165, 1.54) is 42.3 Å². The first-order chi connectivity index (χ1) is 16.3. The van der Waals surface area contributed by atoms with Crippen LogP contribution in [-0.2, 0) is 11.4 Å². The van der Waals surface area contributed by atoms with Gasteiger partial charge in [-0.15, -0.1) is 0 Å². The van der Waals surface area contributed by atoms with Gasteiger partial charge in [0.25, 0.3) is 5.91 Å². The molecule has 3 aromatic rings. The lowest BCUT2D eigenvalue weighted by Crippen LogP contribution is -2.27. The van der Waals surface area contributed by atoms with Crippen LogP contribution in [-0.4, -0.2) is 17.3 Å². The van der Waals surface area contributed by atoms with Gasteiger partial charge in [0.2, 0.25) is 0 Å². The van der Waals surface area contributed by atoms with Gasteiger partial charge < -0.3 is 9.47 Å². The van der Waals surface area contributed by atoms with Gasteiger partial charge in [-0.05, 0) is 75.6 Å². The summed E-state index contributed by atoms with van der Waals surface area (Å²) >= 11 is 15.9. The molecule has 0 unspecified atom stereocenters. The van der Waals surface area contributed by atoms with Crippen LogP contribution in [0.15, 0.2) is 64.0 Å². The second-order valence-electron chi connectivity index (χ2n) is 7.06. The number of rotatable bonds is 6. The molecule has 34 heavy (non-hydrogen) atoms. The van der Waals surface area contributed by atoms with Crippen LogP contribution in [0.4, 0.5) is 14.5 Å². The van der Waals surface area contributed by atoms with Crippen LogP contribution < -0.4 is 14.4 Å². The van der Waals surface area contributed by atoms with Crippen molar-refractivity contribution in [3.05, 3.63) is 91.8 Å². The van der Waals surface area contributed by atoms with Gasteiger partial charge in [-0.2, -0.15) is 0 Å². The minimum absolute atomic E-state index is 0.0968. The van der Waals surface area contributed by atoms with E-state index in [-0.39, 0.29) is 23.4 Å². The van der Waals surface area contributed by atoms with Crippen LogP contribution in [0.1, 0.15) is 11.1 Å². The Morgan fingerprint density at radius 1 is 1.15 bits per heavy atom. The standard InChI is InChI=1S/C24H15BrClF2NO3S2/c1-31-20-9-14(8-17(25)22(20)32-12-13-2-4-15(27)5-3-13)10-21-23(30)29(24(33)34-21)16-6-7-19(28)18(26)11-16/h2-11H,12H2,1H3. The molecule has 10 heteroatoms. The predicted octanol–water partition coefficient (Wildman–Crippen LogP) is 7.37. The van der Waals surface area contributed by atoms with Gasteiger partial charge in [-0.1, -0.05) is 47.7 Å². The number of thioether (sulfide) groups is 1. The maximum Gasteiger partial charge on any atom is 0.270 e. The number of halogens is 4. The number of thiocarbonyl (C=S) groups is 1. The van der Waals surface area contributed by atoms with E-state index in [1.54, 1.807) is 30.3 Å². The molecule has 1 heterocycles. The highest BCUT2D eigenvalue weighted by Gasteiger charge is 2.33. The molecule has 3 aromatic carbocycles. The van der Waals surface area contributed by atoms with Crippen molar-refractivity contribution in [2.45, 2.75) is 6.61 Å². The number of hydrogen-bond acceptors (Lipinski definition) is 5. The first-order valence-electron chi connectivity index (χ1n) is 9.74. The van der Waals surface area contributed by atoms with Crippen LogP contribution in [0, 0.1) is 11.6 Å². The smallest absolute Gasteiger partial charge is 0.270 e. The van der Waals surface area contributed by atoms with Crippen molar-refractivity contribution in [2.24, 2.45) is 0 Å². The Morgan fingerprint density at radius 2 is 1.88 bits per heavy atom. The first-order valence-corrected chi connectivity index (χ1v) is 12.1. The van der Waals surface area contributed by atoms with Gasteiger partial charge in [0.15, 0.2) is 15.8 Å². The first kappa shape index (κ1) is 24.7. The normalized spacial score (nSPS) is 14.7. The molecular formula is C24H15BrClF2NO3S2. The number of carbonyl (C=O) groups excluding carboxylic acids is 1. The van der Waals surface area contributed by atoms with E-state index < -0.39 is 5.82 Å². The second-order valence-corrected chi connectivity index (χ2v) is 10.0. The maximum atomic E-state index is 13.5. The van der Waals surface area contributed by atoms with Crippen molar-refractivity contribution < 1.29 is 23.0 Å². The van der Waals surface area contributed by atoms with Crippen LogP contribution in [0.3, 0.4) is 0 Å². The number of hydrogen-bond donors (Lipinski definition) is 0. The lowest BCUT2D eigenvalue weighted by Gasteiger charge is -2.15. The molecule has 0 aliphatic carbocycles. The molecule has 0 radical (unpaired) electrons. The number of benzene rings is 3. The second kappa shape index (κ2) is 10.4. The van der Waals surface area contributed by atoms with E-state index in [0.29, 0.717) is 36.4 Å². The largest absolute Gasteiger partial charge is 0.493 e. The molecule has 1 saturated heterocycles. The quantitative estimate of drug-likeness (QED) is 0.224. The van der Waals surface area contributed by atoms with Crippen LogP contribution >= 0.6 is 51.5 Å². The molecule has 4 nitrogen and oxygen atoms in total. The maximum absolute atomic E-state index is 13.5. The lowest BCUT2D eigenvalue weighted by molar-refractivity contribution is -0.113. The van der Waals surface area contributed by atoms with Crippen LogP contribution in [0.5, 0.6) is 11.5 Å². The third kappa shape index (κ3) is 5.27. The zero-order valence-electron chi connectivity index (χ0n) is 17.5. The zero-order chi connectivity index (χ0) is 24.4. The van der Waals surface area contributed by atoms with Crippen molar-refractivity contribution in [3.8, 4) is 11.5 Å². The van der Waals surface area contributed by atoms with Gasteiger partial charge in [0, 0.05) is 0 Å². The summed E-state index contributed by atoms with van der Waals surface area (Å²) in [6, 6.07) is 13.5. The molecule has 174 valence electrons. The highest BCUT2D eigenvalue weighted by atomic mass is 79.9. The van der Waals surface area contributed by atoms with Gasteiger partial charge in [-0.25, -0.2) is 8.78 Å². The molecule has 1 aliphatic rings. The van der Waals surface area contributed by atoms with Crippen molar-refractivity contribution in [1.82, 2.24) is 0 Å². The number of nitrogens with zero attached hydrogens (tertiary/aromatic N) is 1. The molecular weight excluding hydrogens is 568 g/mol. The van der Waals surface area contributed by atoms with E-state index >= 15 is 0 Å². The fourth-order valence-electron chi connectivity index (χ4n) is 3.17. The number of methoxy groups -OCH3 is 1. The summed E-state index contributed by atoms with van der Waals surface area (Å²) in [5.74, 6) is -0.324. The van der Waals surface area contributed by atoms with Gasteiger partial charge in [-0.3, -0.25) is 9.69 Å². The molecule has 1 amide bonds. The summed E-state index contributed by atoms with van der Waals surface area (Å²) < 4.78 is 38.9. The topological polar surface area (TPSA) is 38.8 Å². The van der Waals surface area contributed by atoms with Crippen molar-refractivity contribution in [3.63, 3.8) is 0 Å². The Morgan fingerprint density at radius 3 is 2.56 bits per heavy atom. The van der Waals surface area contributed by atoms with Crippen molar-refractivity contribution in [1.29, 1.82) is 0 Å². The van der Waals surface area contributed by atoms with Crippen molar-refractivity contribution in [2.75, 3.05) is 12.0 Å². The fraction of sp³-hybridized carbons (Fsp3) is 0.0833. The van der Waals surface area contributed by atoms with Crippen LogP contribution in [0.2, 0.25) is 5.02 Å². The molecule has 0 atom stereocenters. The predicted molar refractivity (Wildman–Crippen MR) is 138 cm³/mol. The van der Waals surface area contributed by atoms with Crippen LogP contribution in [0.25, 0.3) is 6.08 Å². The summed E-state index contributed by atoms with van der Waals surface area (Å²) in [6.07, 6.45) is 1.68. The zero-order valence-corrected chi connectivity index (χ0v) is 21.5. The number of ether oxygens (including phenoxy) is 2. The molecule has 0 bridgehead atoms. The highest BCUT2D eigenvalue weighted by molar-refractivity contribution is 9.10. The highest BCUT2D eigenvalue weighted by Crippen LogP contribution is 2.40. The minimum Gasteiger partial charge on any atom is -0.493 e. The summed E-state index contributed by atoms with van der Waals surface area (Å²) in [4.78, 5) is 14.7. The number of carbonyl (C=O) groups is 1. The summed E-state index contributed by atoms with van der Waals surface area (Å²) in [7, 11) is 1.51. The van der Waals surface area contributed by atoms with Crippen molar-refractivity contribution >= 4 is 73.5 Å². The third-order valence-electron chi connectivity index (χ3n) is 4.80. The Kier molecular flexibility index (Phi) is 7.57. The number of anilines is 1. The van der Waals surface area contributed by atoms with Gasteiger partial charge >= 0.3 is 0 Å². The van der Waals surface area contributed by atoms with E-state index in [1.807, 2.05) is 0 Å². The minimum atomic E-state index is -0.579. The summed E-state index contributed by atoms with van der Waals surface area (Å²) in [5, 5.41) is -0.0968. The Labute approximate surface area is 217 Å². The Bertz CT molecular complexity index is 1320. The molecule has 0 saturated carbocycles. The third-order valence-corrected chi connectivity index (χ3v) is 6.98. The molecule has 4 rings (SSSR count). The van der Waals surface area contributed by atoms with Gasteiger partial charge in [0.05, 0.1) is 27.2 Å². The Balaban J connectivity index is 1.58. The van der Waals surface area contributed by atoms with E-state index in [0.717, 1.165) is 17.3 Å². The average Bonchev–Trinajstić information content (AvgIpc) is 3.08. The fourth-order valence-corrected chi connectivity index (χ4v) is 5.21. The van der Waals surface area contributed by atoms with E-state index in [9.17, 15) is 13.6 Å². The molecule has 1 aliphatic heterocycles. The average molecular weight is 583 g/mol. The lowest BCUT2D eigenvalue weighted by atomic mass is 10.1.